The highest BCUT2D eigenvalue weighted by Crippen LogP contribution is 2.24. The molecule has 0 aliphatic carbocycles. The first kappa shape index (κ1) is 9.11. The lowest BCUT2D eigenvalue weighted by atomic mass is 10.3. The SMILES string of the molecule is Cc1nnc2n1N=C(c1cccs1)CS2. The van der Waals surface area contributed by atoms with Gasteiger partial charge in [0.05, 0.1) is 10.6 Å². The molecular formula is C9H8N4S2. The van der Waals surface area contributed by atoms with Gasteiger partial charge in [-0.2, -0.15) is 9.78 Å². The van der Waals surface area contributed by atoms with Crippen LogP contribution in [0.4, 0.5) is 0 Å². The molecule has 0 N–H and O–H groups in total. The molecule has 2 aromatic heterocycles. The van der Waals surface area contributed by atoms with Crippen molar-refractivity contribution in [2.45, 2.75) is 12.1 Å². The lowest BCUT2D eigenvalue weighted by Crippen LogP contribution is -2.12. The average molecular weight is 236 g/mol. The minimum Gasteiger partial charge on any atom is -0.191 e. The summed E-state index contributed by atoms with van der Waals surface area (Å²) in [5.74, 6) is 1.71. The lowest BCUT2D eigenvalue weighted by molar-refractivity contribution is 0.735. The molecule has 0 aromatic carbocycles. The van der Waals surface area contributed by atoms with E-state index in [1.165, 1.54) is 4.88 Å². The van der Waals surface area contributed by atoms with Gasteiger partial charge in [-0.05, 0) is 18.4 Å². The maximum Gasteiger partial charge on any atom is 0.212 e. The highest BCUT2D eigenvalue weighted by molar-refractivity contribution is 7.99. The van der Waals surface area contributed by atoms with Gasteiger partial charge in [0.1, 0.15) is 0 Å². The Bertz CT molecular complexity index is 512. The van der Waals surface area contributed by atoms with Crippen LogP contribution in [0.25, 0.3) is 0 Å². The van der Waals surface area contributed by atoms with Crippen molar-refractivity contribution in [2.75, 3.05) is 5.75 Å². The van der Waals surface area contributed by atoms with Gasteiger partial charge in [0.25, 0.3) is 0 Å². The minimum atomic E-state index is 0.839. The van der Waals surface area contributed by atoms with Gasteiger partial charge in [0.15, 0.2) is 5.82 Å². The van der Waals surface area contributed by atoms with Gasteiger partial charge in [-0.25, -0.2) is 0 Å². The second-order valence-electron chi connectivity index (χ2n) is 3.15. The summed E-state index contributed by atoms with van der Waals surface area (Å²) in [7, 11) is 0. The number of hydrogen-bond acceptors (Lipinski definition) is 5. The summed E-state index contributed by atoms with van der Waals surface area (Å²) in [6.07, 6.45) is 0. The first-order chi connectivity index (χ1) is 7.34. The lowest BCUT2D eigenvalue weighted by Gasteiger charge is -2.11. The van der Waals surface area contributed by atoms with Gasteiger partial charge in [-0.3, -0.25) is 0 Å². The standard InChI is InChI=1S/C9H8N4S2/c1-6-10-11-9-13(6)12-7(5-15-9)8-3-2-4-14-8/h2-4H,5H2,1H3. The third-order valence-corrected chi connectivity index (χ3v) is 3.98. The molecule has 0 unspecified atom stereocenters. The van der Waals surface area contributed by atoms with E-state index in [4.69, 9.17) is 0 Å². The molecular weight excluding hydrogens is 228 g/mol. The molecule has 2 aromatic rings. The van der Waals surface area contributed by atoms with Crippen molar-refractivity contribution < 1.29 is 0 Å². The van der Waals surface area contributed by atoms with E-state index in [0.717, 1.165) is 22.4 Å². The van der Waals surface area contributed by atoms with Gasteiger partial charge < -0.3 is 0 Å². The molecule has 3 rings (SSSR count). The van der Waals surface area contributed by atoms with Crippen LogP contribution in [-0.4, -0.2) is 26.3 Å². The Labute approximate surface area is 95.0 Å². The van der Waals surface area contributed by atoms with Crippen LogP contribution < -0.4 is 0 Å². The Morgan fingerprint density at radius 1 is 1.40 bits per heavy atom. The molecule has 1 aliphatic rings. The van der Waals surface area contributed by atoms with Crippen LogP contribution in [0, 0.1) is 6.92 Å². The van der Waals surface area contributed by atoms with E-state index in [1.807, 2.05) is 17.7 Å². The van der Waals surface area contributed by atoms with E-state index in [9.17, 15) is 0 Å². The quantitative estimate of drug-likeness (QED) is 0.760. The number of hydrogen-bond donors (Lipinski definition) is 0. The van der Waals surface area contributed by atoms with Crippen LogP contribution >= 0.6 is 23.1 Å². The van der Waals surface area contributed by atoms with Gasteiger partial charge in [-0.15, -0.1) is 21.5 Å². The van der Waals surface area contributed by atoms with Gasteiger partial charge >= 0.3 is 0 Å². The summed E-state index contributed by atoms with van der Waals surface area (Å²) < 4.78 is 1.81. The topological polar surface area (TPSA) is 43.1 Å². The fourth-order valence-electron chi connectivity index (χ4n) is 1.39. The van der Waals surface area contributed by atoms with Crippen molar-refractivity contribution in [2.24, 2.45) is 5.10 Å². The Hall–Kier alpha value is -1.14. The van der Waals surface area contributed by atoms with Crippen molar-refractivity contribution in [1.29, 1.82) is 0 Å². The molecule has 4 nitrogen and oxygen atoms in total. The molecule has 76 valence electrons. The molecule has 1 aliphatic heterocycles. The zero-order chi connectivity index (χ0) is 10.3. The van der Waals surface area contributed by atoms with E-state index < -0.39 is 0 Å². The summed E-state index contributed by atoms with van der Waals surface area (Å²) in [6, 6.07) is 4.14. The Balaban J connectivity index is 2.08. The normalized spacial score (nSPS) is 14.9. The summed E-state index contributed by atoms with van der Waals surface area (Å²) in [6.45, 7) is 1.91. The Morgan fingerprint density at radius 2 is 2.33 bits per heavy atom. The van der Waals surface area contributed by atoms with Crippen molar-refractivity contribution in [3.63, 3.8) is 0 Å². The van der Waals surface area contributed by atoms with E-state index in [0.29, 0.717) is 0 Å². The van der Waals surface area contributed by atoms with E-state index >= 15 is 0 Å². The zero-order valence-corrected chi connectivity index (χ0v) is 9.68. The molecule has 15 heavy (non-hydrogen) atoms. The van der Waals surface area contributed by atoms with Crippen LogP contribution in [0.2, 0.25) is 0 Å². The summed E-state index contributed by atoms with van der Waals surface area (Å²) >= 11 is 3.40. The van der Waals surface area contributed by atoms with Gasteiger partial charge in [0, 0.05) is 5.75 Å². The number of rotatable bonds is 1. The monoisotopic (exact) mass is 236 g/mol. The predicted molar refractivity (Wildman–Crippen MR) is 61.7 cm³/mol. The van der Waals surface area contributed by atoms with Crippen molar-refractivity contribution in [3.8, 4) is 0 Å². The summed E-state index contributed by atoms with van der Waals surface area (Å²) in [5.41, 5.74) is 1.10. The molecule has 6 heteroatoms. The van der Waals surface area contributed by atoms with Crippen molar-refractivity contribution >= 4 is 28.8 Å². The van der Waals surface area contributed by atoms with Gasteiger partial charge in [-0.1, -0.05) is 17.8 Å². The molecule has 0 bridgehead atoms. The number of aryl methyl sites for hydroxylation is 1. The molecule has 0 amide bonds. The van der Waals surface area contributed by atoms with Crippen LogP contribution in [-0.2, 0) is 0 Å². The number of fused-ring (bicyclic) bond motifs is 1. The number of aromatic nitrogens is 3. The van der Waals surface area contributed by atoms with Crippen LogP contribution in [0.5, 0.6) is 0 Å². The maximum atomic E-state index is 4.55. The van der Waals surface area contributed by atoms with Crippen LogP contribution in [0.1, 0.15) is 10.7 Å². The van der Waals surface area contributed by atoms with E-state index in [2.05, 4.69) is 26.7 Å². The summed E-state index contributed by atoms with van der Waals surface area (Å²) in [4.78, 5) is 1.22. The molecule has 0 atom stereocenters. The largest absolute Gasteiger partial charge is 0.212 e. The smallest absolute Gasteiger partial charge is 0.191 e. The van der Waals surface area contributed by atoms with E-state index in [1.54, 1.807) is 23.1 Å². The zero-order valence-electron chi connectivity index (χ0n) is 8.04. The van der Waals surface area contributed by atoms with Crippen molar-refractivity contribution in [1.82, 2.24) is 14.9 Å². The molecule has 0 saturated carbocycles. The second kappa shape index (κ2) is 3.46. The first-order valence-electron chi connectivity index (χ1n) is 4.51. The number of thioether (sulfide) groups is 1. The molecule has 3 heterocycles. The third-order valence-electron chi connectivity index (χ3n) is 2.13. The van der Waals surface area contributed by atoms with Crippen molar-refractivity contribution in [3.05, 3.63) is 28.2 Å². The molecule has 0 saturated heterocycles. The number of thiophene rings is 1. The fraction of sp³-hybridized carbons (Fsp3) is 0.222. The van der Waals surface area contributed by atoms with Crippen LogP contribution in [0.3, 0.4) is 0 Å². The Kier molecular flexibility index (Phi) is 2.10. The highest BCUT2D eigenvalue weighted by Gasteiger charge is 2.17. The third kappa shape index (κ3) is 1.49. The van der Waals surface area contributed by atoms with Gasteiger partial charge in [0.2, 0.25) is 5.16 Å². The summed E-state index contributed by atoms with van der Waals surface area (Å²) in [5, 5.41) is 15.5. The Morgan fingerprint density at radius 3 is 3.13 bits per heavy atom. The highest BCUT2D eigenvalue weighted by atomic mass is 32.2. The predicted octanol–water partition coefficient (Wildman–Crippen LogP) is 2.01. The number of nitrogens with zero attached hydrogens (tertiary/aromatic N) is 4. The average Bonchev–Trinajstić information content (AvgIpc) is 2.88. The van der Waals surface area contributed by atoms with E-state index in [-0.39, 0.29) is 0 Å². The molecule has 0 radical (unpaired) electrons. The second-order valence-corrected chi connectivity index (χ2v) is 5.04. The molecule has 0 fully saturated rings. The van der Waals surface area contributed by atoms with Crippen LogP contribution in [0.15, 0.2) is 27.8 Å². The fourth-order valence-corrected chi connectivity index (χ4v) is 3.06. The maximum absolute atomic E-state index is 4.55. The minimum absolute atomic E-state index is 0.839. The molecule has 0 spiro atoms. The first-order valence-corrected chi connectivity index (χ1v) is 6.37.